The molecule has 0 saturated heterocycles. The molecule has 2 rings (SSSR count). The zero-order chi connectivity index (χ0) is 16.8. The largest absolute Gasteiger partial charge is 0.452 e. The topological polar surface area (TPSA) is 55.4 Å². The predicted octanol–water partition coefficient (Wildman–Crippen LogP) is 3.70. The van der Waals surface area contributed by atoms with Crippen molar-refractivity contribution in [1.82, 2.24) is 0 Å². The van der Waals surface area contributed by atoms with Gasteiger partial charge in [-0.3, -0.25) is 9.59 Å². The number of rotatable bonds is 5. The Hall–Kier alpha value is -2.21. The molecular formula is C17H15BrFNO3. The van der Waals surface area contributed by atoms with E-state index in [9.17, 15) is 14.0 Å². The molecule has 120 valence electrons. The number of esters is 1. The molecule has 2 aromatic rings. The lowest BCUT2D eigenvalue weighted by Gasteiger charge is -2.13. The number of ether oxygens (including phenoxy) is 1. The fourth-order valence-corrected chi connectivity index (χ4v) is 2.10. The van der Waals surface area contributed by atoms with Crippen LogP contribution in [-0.4, -0.2) is 18.0 Å². The van der Waals surface area contributed by atoms with Gasteiger partial charge in [0.05, 0.1) is 6.42 Å². The summed E-state index contributed by atoms with van der Waals surface area (Å²) in [6.45, 7) is 1.48. The van der Waals surface area contributed by atoms with Gasteiger partial charge in [0, 0.05) is 10.2 Å². The maximum atomic E-state index is 12.8. The Morgan fingerprint density at radius 1 is 1.13 bits per heavy atom. The molecule has 0 aromatic heterocycles. The fraction of sp³-hybridized carbons (Fsp3) is 0.176. The molecule has 0 fully saturated rings. The standard InChI is InChI=1S/C17H15BrFNO3/c1-11(17(22)20-15-8-6-14(19)7-9-15)23-16(21)10-12-2-4-13(18)5-3-12/h2-9,11H,10H2,1H3,(H,20,22). The summed E-state index contributed by atoms with van der Waals surface area (Å²) in [4.78, 5) is 23.8. The van der Waals surface area contributed by atoms with Gasteiger partial charge in [0.25, 0.3) is 5.91 Å². The first-order valence-electron chi connectivity index (χ1n) is 6.94. The smallest absolute Gasteiger partial charge is 0.311 e. The predicted molar refractivity (Wildman–Crippen MR) is 88.4 cm³/mol. The van der Waals surface area contributed by atoms with Crippen LogP contribution in [0.15, 0.2) is 53.0 Å². The van der Waals surface area contributed by atoms with Gasteiger partial charge in [-0.1, -0.05) is 28.1 Å². The molecule has 0 aliphatic rings. The molecule has 2 aromatic carbocycles. The summed E-state index contributed by atoms with van der Waals surface area (Å²) >= 11 is 3.31. The van der Waals surface area contributed by atoms with Gasteiger partial charge in [0.1, 0.15) is 5.82 Å². The van der Waals surface area contributed by atoms with Gasteiger partial charge in [-0.15, -0.1) is 0 Å². The highest BCUT2D eigenvalue weighted by Gasteiger charge is 2.18. The average molecular weight is 380 g/mol. The van der Waals surface area contributed by atoms with Gasteiger partial charge in [0.2, 0.25) is 0 Å². The third-order valence-electron chi connectivity index (χ3n) is 3.05. The number of nitrogens with one attached hydrogen (secondary N) is 1. The second kappa shape index (κ2) is 7.87. The number of anilines is 1. The molecule has 0 radical (unpaired) electrons. The maximum Gasteiger partial charge on any atom is 0.311 e. The minimum Gasteiger partial charge on any atom is -0.452 e. The number of hydrogen-bond donors (Lipinski definition) is 1. The van der Waals surface area contributed by atoms with Crippen molar-refractivity contribution in [2.45, 2.75) is 19.4 Å². The number of halogens is 2. The molecule has 23 heavy (non-hydrogen) atoms. The molecule has 0 bridgehead atoms. The highest BCUT2D eigenvalue weighted by Crippen LogP contribution is 2.12. The quantitative estimate of drug-likeness (QED) is 0.805. The number of carbonyl (C=O) groups is 2. The monoisotopic (exact) mass is 379 g/mol. The van der Waals surface area contributed by atoms with E-state index in [4.69, 9.17) is 4.74 Å². The third-order valence-corrected chi connectivity index (χ3v) is 3.58. The Labute approximate surface area is 141 Å². The van der Waals surface area contributed by atoms with E-state index in [1.165, 1.54) is 31.2 Å². The first kappa shape index (κ1) is 17.1. The molecule has 0 saturated carbocycles. The van der Waals surface area contributed by atoms with E-state index in [-0.39, 0.29) is 6.42 Å². The van der Waals surface area contributed by atoms with Crippen LogP contribution in [0.2, 0.25) is 0 Å². The van der Waals surface area contributed by atoms with Crippen LogP contribution in [0.1, 0.15) is 12.5 Å². The Bertz CT molecular complexity index is 686. The van der Waals surface area contributed by atoms with Crippen LogP contribution in [0.4, 0.5) is 10.1 Å². The normalized spacial score (nSPS) is 11.6. The van der Waals surface area contributed by atoms with Crippen molar-refractivity contribution in [2.75, 3.05) is 5.32 Å². The molecule has 4 nitrogen and oxygen atoms in total. The highest BCUT2D eigenvalue weighted by molar-refractivity contribution is 9.10. The first-order valence-corrected chi connectivity index (χ1v) is 7.73. The molecule has 0 spiro atoms. The Morgan fingerprint density at radius 3 is 2.35 bits per heavy atom. The molecule has 1 N–H and O–H groups in total. The van der Waals surface area contributed by atoms with Gasteiger partial charge >= 0.3 is 5.97 Å². The van der Waals surface area contributed by atoms with Crippen molar-refractivity contribution in [2.24, 2.45) is 0 Å². The number of benzene rings is 2. The van der Waals surface area contributed by atoms with Gasteiger partial charge in [-0.2, -0.15) is 0 Å². The van der Waals surface area contributed by atoms with E-state index in [0.29, 0.717) is 5.69 Å². The Morgan fingerprint density at radius 2 is 1.74 bits per heavy atom. The maximum absolute atomic E-state index is 12.8. The van der Waals surface area contributed by atoms with E-state index in [1.54, 1.807) is 12.1 Å². The third kappa shape index (κ3) is 5.49. The van der Waals surface area contributed by atoms with Crippen LogP contribution >= 0.6 is 15.9 Å². The minimum absolute atomic E-state index is 0.0848. The fourth-order valence-electron chi connectivity index (χ4n) is 1.84. The summed E-state index contributed by atoms with van der Waals surface area (Å²) in [7, 11) is 0. The van der Waals surface area contributed by atoms with Crippen LogP contribution in [0.25, 0.3) is 0 Å². The second-order valence-electron chi connectivity index (χ2n) is 4.93. The van der Waals surface area contributed by atoms with Crippen LogP contribution in [0.5, 0.6) is 0 Å². The summed E-state index contributed by atoms with van der Waals surface area (Å²) in [6.07, 6.45) is -0.857. The lowest BCUT2D eigenvalue weighted by Crippen LogP contribution is -2.30. The number of hydrogen-bond acceptors (Lipinski definition) is 3. The van der Waals surface area contributed by atoms with Crippen LogP contribution in [0.3, 0.4) is 0 Å². The van der Waals surface area contributed by atoms with E-state index < -0.39 is 23.8 Å². The number of amides is 1. The molecule has 6 heteroatoms. The molecule has 1 unspecified atom stereocenters. The summed E-state index contributed by atoms with van der Waals surface area (Å²) < 4.78 is 18.8. The average Bonchev–Trinajstić information content (AvgIpc) is 2.51. The summed E-state index contributed by atoms with van der Waals surface area (Å²) in [6, 6.07) is 12.6. The van der Waals surface area contributed by atoms with Gasteiger partial charge in [-0.25, -0.2) is 4.39 Å². The molecule has 1 amide bonds. The first-order chi connectivity index (χ1) is 10.9. The van der Waals surface area contributed by atoms with Crippen molar-refractivity contribution < 1.29 is 18.7 Å². The van der Waals surface area contributed by atoms with Crippen LogP contribution in [-0.2, 0) is 20.7 Å². The Balaban J connectivity index is 1.86. The van der Waals surface area contributed by atoms with E-state index in [0.717, 1.165) is 10.0 Å². The van der Waals surface area contributed by atoms with Crippen LogP contribution in [0, 0.1) is 5.82 Å². The SMILES string of the molecule is CC(OC(=O)Cc1ccc(Br)cc1)C(=O)Nc1ccc(F)cc1. The molecule has 0 aliphatic carbocycles. The van der Waals surface area contributed by atoms with Crippen LogP contribution < -0.4 is 5.32 Å². The van der Waals surface area contributed by atoms with Crippen molar-refractivity contribution >= 4 is 33.5 Å². The minimum atomic E-state index is -0.942. The van der Waals surface area contributed by atoms with Gasteiger partial charge in [-0.05, 0) is 48.9 Å². The highest BCUT2D eigenvalue weighted by atomic mass is 79.9. The van der Waals surface area contributed by atoms with Crippen molar-refractivity contribution in [3.63, 3.8) is 0 Å². The van der Waals surface area contributed by atoms with E-state index >= 15 is 0 Å². The summed E-state index contributed by atoms with van der Waals surface area (Å²) in [5, 5.41) is 2.56. The van der Waals surface area contributed by atoms with Crippen molar-refractivity contribution in [3.8, 4) is 0 Å². The molecular weight excluding hydrogens is 365 g/mol. The summed E-state index contributed by atoms with van der Waals surface area (Å²) in [5.74, 6) is -1.35. The van der Waals surface area contributed by atoms with Crippen molar-refractivity contribution in [3.05, 3.63) is 64.4 Å². The van der Waals surface area contributed by atoms with Gasteiger partial charge < -0.3 is 10.1 Å². The molecule has 0 heterocycles. The van der Waals surface area contributed by atoms with Gasteiger partial charge in [0.15, 0.2) is 6.10 Å². The zero-order valence-electron chi connectivity index (χ0n) is 12.4. The molecule has 0 aliphatic heterocycles. The lowest BCUT2D eigenvalue weighted by atomic mass is 10.1. The second-order valence-corrected chi connectivity index (χ2v) is 5.85. The summed E-state index contributed by atoms with van der Waals surface area (Å²) in [5.41, 5.74) is 1.23. The molecule has 1 atom stereocenters. The van der Waals surface area contributed by atoms with Crippen molar-refractivity contribution in [1.29, 1.82) is 0 Å². The lowest BCUT2D eigenvalue weighted by molar-refractivity contribution is -0.152. The zero-order valence-corrected chi connectivity index (χ0v) is 14.0. The number of carbonyl (C=O) groups excluding carboxylic acids is 2. The van der Waals surface area contributed by atoms with E-state index in [2.05, 4.69) is 21.2 Å². The van der Waals surface area contributed by atoms with E-state index in [1.807, 2.05) is 12.1 Å². The Kier molecular flexibility index (Phi) is 5.87.